The summed E-state index contributed by atoms with van der Waals surface area (Å²) in [5.74, 6) is -0.951. The lowest BCUT2D eigenvalue weighted by atomic mass is 10.1. The van der Waals surface area contributed by atoms with Crippen LogP contribution in [-0.4, -0.2) is 90.2 Å². The molecule has 132 valence electrons. The summed E-state index contributed by atoms with van der Waals surface area (Å²) in [6, 6.07) is 1.62. The van der Waals surface area contributed by atoms with Crippen molar-refractivity contribution in [2.24, 2.45) is 5.92 Å². The van der Waals surface area contributed by atoms with Gasteiger partial charge in [0.25, 0.3) is 0 Å². The molecule has 1 N–H and O–H groups in total. The van der Waals surface area contributed by atoms with E-state index in [4.69, 9.17) is 0 Å². The number of anilines is 1. The standard InChI is InChI=1S/C14H21N5O4S/c1-24(22,23)19-6-5-17-7-11(13(20)21)8-18(9-12(17)10-19)14-15-3-2-4-16-14/h2-4,11-12H,5-10H2,1H3,(H,20,21)/t11-,12+/m0/s1. The van der Waals surface area contributed by atoms with E-state index in [0.717, 1.165) is 0 Å². The number of carboxylic acids is 1. The quantitative estimate of drug-likeness (QED) is 0.731. The van der Waals surface area contributed by atoms with Gasteiger partial charge >= 0.3 is 5.97 Å². The van der Waals surface area contributed by atoms with Crippen molar-refractivity contribution < 1.29 is 18.3 Å². The second-order valence-corrected chi connectivity index (χ2v) is 8.24. The molecule has 10 heteroatoms. The molecule has 0 bridgehead atoms. The van der Waals surface area contributed by atoms with E-state index in [2.05, 4.69) is 14.9 Å². The molecule has 0 radical (unpaired) electrons. The van der Waals surface area contributed by atoms with Crippen LogP contribution in [-0.2, 0) is 14.8 Å². The van der Waals surface area contributed by atoms with Gasteiger partial charge in [-0.05, 0) is 6.07 Å². The Kier molecular flexibility index (Phi) is 4.70. The topological polar surface area (TPSA) is 107 Å². The van der Waals surface area contributed by atoms with Crippen molar-refractivity contribution in [3.63, 3.8) is 0 Å². The first-order valence-electron chi connectivity index (χ1n) is 7.78. The zero-order valence-corrected chi connectivity index (χ0v) is 14.3. The summed E-state index contributed by atoms with van der Waals surface area (Å²) in [6.45, 7) is 2.50. The summed E-state index contributed by atoms with van der Waals surface area (Å²) in [6.07, 6.45) is 4.44. The highest BCUT2D eigenvalue weighted by Gasteiger charge is 2.38. The fraction of sp³-hybridized carbons (Fsp3) is 0.643. The lowest BCUT2D eigenvalue weighted by Gasteiger charge is -2.40. The molecule has 0 aliphatic carbocycles. The normalized spacial score (nSPS) is 26.6. The Morgan fingerprint density at radius 2 is 1.88 bits per heavy atom. The van der Waals surface area contributed by atoms with Crippen LogP contribution < -0.4 is 4.90 Å². The molecule has 2 saturated heterocycles. The maximum Gasteiger partial charge on any atom is 0.309 e. The van der Waals surface area contributed by atoms with E-state index in [0.29, 0.717) is 45.2 Å². The number of nitrogens with zero attached hydrogens (tertiary/aromatic N) is 5. The van der Waals surface area contributed by atoms with E-state index in [-0.39, 0.29) is 6.04 Å². The number of carboxylic acid groups (broad SMARTS) is 1. The molecule has 0 unspecified atom stereocenters. The van der Waals surface area contributed by atoms with Crippen LogP contribution in [0.4, 0.5) is 5.95 Å². The van der Waals surface area contributed by atoms with E-state index in [1.165, 1.54) is 10.6 Å². The minimum absolute atomic E-state index is 0.0818. The second kappa shape index (κ2) is 6.61. The van der Waals surface area contributed by atoms with Crippen molar-refractivity contribution in [1.82, 2.24) is 19.2 Å². The first-order chi connectivity index (χ1) is 11.3. The molecule has 0 saturated carbocycles. The highest BCUT2D eigenvalue weighted by atomic mass is 32.2. The summed E-state index contributed by atoms with van der Waals surface area (Å²) in [7, 11) is -3.26. The molecular formula is C14H21N5O4S. The van der Waals surface area contributed by atoms with Crippen LogP contribution in [0.15, 0.2) is 18.5 Å². The van der Waals surface area contributed by atoms with Crippen LogP contribution in [0.5, 0.6) is 0 Å². The molecule has 0 aromatic carbocycles. The molecule has 2 atom stereocenters. The Balaban J connectivity index is 1.86. The van der Waals surface area contributed by atoms with Crippen LogP contribution in [0, 0.1) is 5.92 Å². The first kappa shape index (κ1) is 17.1. The molecule has 3 heterocycles. The number of hydrogen-bond donors (Lipinski definition) is 1. The molecule has 1 aromatic heterocycles. The molecule has 1 aromatic rings. The van der Waals surface area contributed by atoms with Crippen LogP contribution in [0.3, 0.4) is 0 Å². The maximum atomic E-state index is 11.8. The Labute approximate surface area is 141 Å². The predicted octanol–water partition coefficient (Wildman–Crippen LogP) is -1.06. The molecule has 24 heavy (non-hydrogen) atoms. The fourth-order valence-electron chi connectivity index (χ4n) is 3.29. The van der Waals surface area contributed by atoms with Gasteiger partial charge in [-0.2, -0.15) is 4.31 Å². The molecular weight excluding hydrogens is 334 g/mol. The van der Waals surface area contributed by atoms with E-state index in [1.807, 2.05) is 4.90 Å². The van der Waals surface area contributed by atoms with Gasteiger partial charge < -0.3 is 10.0 Å². The first-order valence-corrected chi connectivity index (χ1v) is 9.63. The van der Waals surface area contributed by atoms with Crippen molar-refractivity contribution >= 4 is 21.9 Å². The van der Waals surface area contributed by atoms with Gasteiger partial charge in [0.15, 0.2) is 0 Å². The SMILES string of the molecule is CS(=O)(=O)N1CCN2C[C@H](C(=O)O)CN(c3ncccn3)C[C@@H]2C1. The number of hydrogen-bond acceptors (Lipinski definition) is 7. The highest BCUT2D eigenvalue weighted by molar-refractivity contribution is 7.88. The van der Waals surface area contributed by atoms with E-state index < -0.39 is 21.9 Å². The average Bonchev–Trinajstić information content (AvgIpc) is 2.73. The van der Waals surface area contributed by atoms with Crippen molar-refractivity contribution in [3.8, 4) is 0 Å². The third-order valence-electron chi connectivity index (χ3n) is 4.55. The van der Waals surface area contributed by atoms with Crippen molar-refractivity contribution in [3.05, 3.63) is 18.5 Å². The summed E-state index contributed by atoms with van der Waals surface area (Å²) in [4.78, 5) is 23.9. The monoisotopic (exact) mass is 355 g/mol. The van der Waals surface area contributed by atoms with E-state index >= 15 is 0 Å². The minimum atomic E-state index is -3.26. The predicted molar refractivity (Wildman–Crippen MR) is 87.1 cm³/mol. The van der Waals surface area contributed by atoms with Crippen molar-refractivity contribution in [1.29, 1.82) is 0 Å². The Morgan fingerprint density at radius 3 is 2.50 bits per heavy atom. The molecule has 2 fully saturated rings. The smallest absolute Gasteiger partial charge is 0.309 e. The molecule has 3 rings (SSSR count). The van der Waals surface area contributed by atoms with Crippen LogP contribution in [0.2, 0.25) is 0 Å². The molecule has 9 nitrogen and oxygen atoms in total. The number of piperazine rings is 1. The maximum absolute atomic E-state index is 11.8. The average molecular weight is 355 g/mol. The molecule has 0 spiro atoms. The Bertz CT molecular complexity index is 698. The third kappa shape index (κ3) is 3.65. The van der Waals surface area contributed by atoms with Gasteiger partial charge in [-0.25, -0.2) is 18.4 Å². The van der Waals surface area contributed by atoms with Gasteiger partial charge in [-0.15, -0.1) is 0 Å². The fourth-order valence-corrected chi connectivity index (χ4v) is 4.15. The van der Waals surface area contributed by atoms with Gasteiger partial charge in [-0.1, -0.05) is 0 Å². The van der Waals surface area contributed by atoms with Gasteiger partial charge in [0.1, 0.15) is 0 Å². The molecule has 2 aliphatic rings. The van der Waals surface area contributed by atoms with Crippen LogP contribution >= 0.6 is 0 Å². The third-order valence-corrected chi connectivity index (χ3v) is 5.82. The van der Waals surface area contributed by atoms with Crippen molar-refractivity contribution in [2.75, 3.05) is 50.4 Å². The number of rotatable bonds is 3. The minimum Gasteiger partial charge on any atom is -0.481 e. The molecule has 0 amide bonds. The second-order valence-electron chi connectivity index (χ2n) is 6.26. The van der Waals surface area contributed by atoms with Gasteiger partial charge in [0.05, 0.1) is 12.2 Å². The Hall–Kier alpha value is -1.78. The molecule has 2 aliphatic heterocycles. The van der Waals surface area contributed by atoms with E-state index in [1.54, 1.807) is 18.5 Å². The van der Waals surface area contributed by atoms with Gasteiger partial charge in [0, 0.05) is 57.7 Å². The largest absolute Gasteiger partial charge is 0.481 e. The van der Waals surface area contributed by atoms with E-state index in [9.17, 15) is 18.3 Å². The summed E-state index contributed by atoms with van der Waals surface area (Å²) < 4.78 is 25.1. The lowest BCUT2D eigenvalue weighted by Crippen LogP contribution is -2.57. The van der Waals surface area contributed by atoms with Crippen molar-refractivity contribution in [2.45, 2.75) is 6.04 Å². The number of fused-ring (bicyclic) bond motifs is 1. The zero-order valence-electron chi connectivity index (χ0n) is 13.4. The Morgan fingerprint density at radius 1 is 1.17 bits per heavy atom. The van der Waals surface area contributed by atoms with Crippen LogP contribution in [0.25, 0.3) is 0 Å². The number of carbonyl (C=O) groups is 1. The number of aliphatic carboxylic acids is 1. The van der Waals surface area contributed by atoms with Crippen LogP contribution in [0.1, 0.15) is 0 Å². The zero-order chi connectivity index (χ0) is 17.3. The van der Waals surface area contributed by atoms with Gasteiger partial charge in [-0.3, -0.25) is 9.69 Å². The summed E-state index contributed by atoms with van der Waals surface area (Å²) >= 11 is 0. The van der Waals surface area contributed by atoms with Gasteiger partial charge in [0.2, 0.25) is 16.0 Å². The number of sulfonamides is 1. The number of aromatic nitrogens is 2. The highest BCUT2D eigenvalue weighted by Crippen LogP contribution is 2.22. The lowest BCUT2D eigenvalue weighted by molar-refractivity contribution is -0.142. The summed E-state index contributed by atoms with van der Waals surface area (Å²) in [5, 5.41) is 9.50. The summed E-state index contributed by atoms with van der Waals surface area (Å²) in [5.41, 5.74) is 0.